The molecule has 1 amide bonds. The van der Waals surface area contributed by atoms with Gasteiger partial charge in [0.05, 0.1) is 17.4 Å². The summed E-state index contributed by atoms with van der Waals surface area (Å²) in [6.07, 6.45) is 5.37. The number of amides is 1. The molecule has 4 aliphatic heterocycles. The van der Waals surface area contributed by atoms with E-state index in [1.54, 1.807) is 0 Å². The molecule has 1 spiro atoms. The van der Waals surface area contributed by atoms with E-state index < -0.39 is 0 Å². The smallest absolute Gasteiger partial charge is 0.245 e. The lowest BCUT2D eigenvalue weighted by Gasteiger charge is -2.47. The molecule has 4 aliphatic rings. The van der Waals surface area contributed by atoms with Crippen LogP contribution in [0.1, 0.15) is 24.0 Å². The minimum Gasteiger partial charge on any atom is -0.355 e. The van der Waals surface area contributed by atoms with E-state index in [2.05, 4.69) is 57.6 Å². The van der Waals surface area contributed by atoms with Crippen LogP contribution >= 0.6 is 0 Å². The second kappa shape index (κ2) is 9.30. The second-order valence-electron chi connectivity index (χ2n) is 12.3. The van der Waals surface area contributed by atoms with Crippen molar-refractivity contribution in [1.29, 1.82) is 5.26 Å². The predicted molar refractivity (Wildman–Crippen MR) is 154 cm³/mol. The van der Waals surface area contributed by atoms with Gasteiger partial charge in [-0.05, 0) is 62.9 Å². The number of piperidine rings is 1. The Hall–Kier alpha value is -3.97. The Bertz CT molecular complexity index is 1550. The highest BCUT2D eigenvalue weighted by molar-refractivity contribution is 5.97. The molecule has 0 radical (unpaired) electrons. The van der Waals surface area contributed by atoms with Crippen LogP contribution < -0.4 is 9.80 Å². The number of aromatic nitrogens is 4. The lowest BCUT2D eigenvalue weighted by atomic mass is 9.79. The molecule has 3 aromatic rings. The van der Waals surface area contributed by atoms with Crippen molar-refractivity contribution in [3.05, 3.63) is 42.1 Å². The summed E-state index contributed by atoms with van der Waals surface area (Å²) < 4.78 is 0. The van der Waals surface area contributed by atoms with Crippen LogP contribution in [0.5, 0.6) is 0 Å². The zero-order chi connectivity index (χ0) is 27.6. The number of carbonyl (C=O) groups is 1. The number of likely N-dealkylation sites (tertiary alicyclic amines) is 2. The number of benzene rings is 1. The fraction of sp³-hybridized carbons (Fsp3) is 0.500. The summed E-state index contributed by atoms with van der Waals surface area (Å²) in [5.74, 6) is 2.64. The number of carbonyl (C=O) groups excluding carboxylic acids is 1. The number of hydrogen-bond acceptors (Lipinski definition) is 8. The van der Waals surface area contributed by atoms with Crippen LogP contribution in [0.25, 0.3) is 22.2 Å². The van der Waals surface area contributed by atoms with Crippen LogP contribution in [0.3, 0.4) is 0 Å². The van der Waals surface area contributed by atoms with Gasteiger partial charge in [0.25, 0.3) is 0 Å². The molecular formula is C30H35N9O. The molecule has 7 rings (SSSR count). The Morgan fingerprint density at radius 1 is 1.15 bits per heavy atom. The summed E-state index contributed by atoms with van der Waals surface area (Å²) in [7, 11) is 2.20. The van der Waals surface area contributed by atoms with Gasteiger partial charge in [0.15, 0.2) is 5.82 Å². The number of H-pyrrole nitrogens is 1. The first-order chi connectivity index (χ1) is 19.4. The van der Waals surface area contributed by atoms with Crippen molar-refractivity contribution in [3.8, 4) is 17.3 Å². The third kappa shape index (κ3) is 3.94. The topological polar surface area (TPSA) is 108 Å². The van der Waals surface area contributed by atoms with Gasteiger partial charge in [-0.2, -0.15) is 15.3 Å². The summed E-state index contributed by atoms with van der Waals surface area (Å²) in [5.41, 5.74) is 4.12. The van der Waals surface area contributed by atoms with Crippen LogP contribution in [0.15, 0.2) is 31.0 Å². The molecule has 206 valence electrons. The Morgan fingerprint density at radius 2 is 1.98 bits per heavy atom. The first-order valence-electron chi connectivity index (χ1n) is 14.2. The standard InChI is InChI=1S/C30H35N9O/c1-4-25(40)39-17-30(18-39)8-10-37(16-30)28-22(11-31)27(26-19(2)5-6-24-23(26)12-32-35-24)33-29(34-28)38-14-20-7-9-36(3)13-21(20)15-38/h4-6,12,20-21H,1,7-10,13-18H2,2-3H3,(H,32,35). The fourth-order valence-electron chi connectivity index (χ4n) is 7.47. The molecule has 0 saturated carbocycles. The van der Waals surface area contributed by atoms with Gasteiger partial charge in [0, 0.05) is 62.2 Å². The number of nitrogens with one attached hydrogen (secondary N) is 1. The van der Waals surface area contributed by atoms with Crippen molar-refractivity contribution in [3.63, 3.8) is 0 Å². The zero-order valence-corrected chi connectivity index (χ0v) is 23.2. The normalized spacial score (nSPS) is 23.9. The van der Waals surface area contributed by atoms with Gasteiger partial charge in [0.2, 0.25) is 11.9 Å². The largest absolute Gasteiger partial charge is 0.355 e. The number of anilines is 2. The van der Waals surface area contributed by atoms with E-state index in [4.69, 9.17) is 9.97 Å². The molecule has 40 heavy (non-hydrogen) atoms. The number of nitriles is 1. The average Bonchev–Trinajstić information content (AvgIpc) is 3.69. The molecule has 1 aromatic carbocycles. The highest BCUT2D eigenvalue weighted by atomic mass is 16.2. The van der Waals surface area contributed by atoms with Crippen LogP contribution in [0.4, 0.5) is 11.8 Å². The highest BCUT2D eigenvalue weighted by Crippen LogP contribution is 2.44. The van der Waals surface area contributed by atoms with Gasteiger partial charge in [-0.3, -0.25) is 9.89 Å². The number of fused-ring (bicyclic) bond motifs is 2. The molecule has 10 heteroatoms. The van der Waals surface area contributed by atoms with Crippen LogP contribution in [0.2, 0.25) is 0 Å². The Morgan fingerprint density at radius 3 is 2.77 bits per heavy atom. The van der Waals surface area contributed by atoms with Crippen LogP contribution in [-0.4, -0.2) is 95.3 Å². The van der Waals surface area contributed by atoms with Gasteiger partial charge in [0.1, 0.15) is 11.6 Å². The summed E-state index contributed by atoms with van der Waals surface area (Å²) in [6.45, 7) is 12.8. The Kier molecular flexibility index (Phi) is 5.82. The summed E-state index contributed by atoms with van der Waals surface area (Å²) in [6, 6.07) is 6.58. The van der Waals surface area contributed by atoms with Gasteiger partial charge < -0.3 is 19.6 Å². The molecule has 0 bridgehead atoms. The molecule has 6 heterocycles. The van der Waals surface area contributed by atoms with E-state index in [1.165, 1.54) is 12.5 Å². The highest BCUT2D eigenvalue weighted by Gasteiger charge is 2.49. The number of hydrogen-bond donors (Lipinski definition) is 1. The molecule has 10 nitrogen and oxygen atoms in total. The van der Waals surface area contributed by atoms with Crippen molar-refractivity contribution in [1.82, 2.24) is 30.0 Å². The van der Waals surface area contributed by atoms with Crippen molar-refractivity contribution >= 4 is 28.6 Å². The first kappa shape index (κ1) is 25.0. The third-order valence-electron chi connectivity index (χ3n) is 9.62. The Labute approximate surface area is 234 Å². The summed E-state index contributed by atoms with van der Waals surface area (Å²) >= 11 is 0. The van der Waals surface area contributed by atoms with E-state index >= 15 is 0 Å². The van der Waals surface area contributed by atoms with Crippen LogP contribution in [-0.2, 0) is 4.79 Å². The lowest BCUT2D eigenvalue weighted by Crippen LogP contribution is -2.59. The van der Waals surface area contributed by atoms with E-state index in [-0.39, 0.29) is 11.3 Å². The lowest BCUT2D eigenvalue weighted by molar-refractivity contribution is -0.136. The maximum atomic E-state index is 12.1. The van der Waals surface area contributed by atoms with Crippen molar-refractivity contribution < 1.29 is 4.79 Å². The second-order valence-corrected chi connectivity index (χ2v) is 12.3. The Balaban J connectivity index is 1.31. The molecule has 1 N–H and O–H groups in total. The van der Waals surface area contributed by atoms with Gasteiger partial charge in [-0.1, -0.05) is 12.6 Å². The molecule has 4 saturated heterocycles. The van der Waals surface area contributed by atoms with Crippen LogP contribution in [0, 0.1) is 35.5 Å². The number of aryl methyl sites for hydroxylation is 1. The number of aromatic amines is 1. The van der Waals surface area contributed by atoms with Gasteiger partial charge in [-0.15, -0.1) is 0 Å². The SMILES string of the molecule is C=CC(=O)N1CC2(CCN(c3nc(N4CC5CCN(C)CC5C4)nc(-c4c(C)ccc5[nH]ncc45)c3C#N)C2)C1. The first-order valence-corrected chi connectivity index (χ1v) is 14.2. The quantitative estimate of drug-likeness (QED) is 0.506. The zero-order valence-electron chi connectivity index (χ0n) is 23.2. The maximum Gasteiger partial charge on any atom is 0.245 e. The molecule has 2 atom stereocenters. The summed E-state index contributed by atoms with van der Waals surface area (Å²) in [5, 5.41) is 18.9. The minimum atomic E-state index is -0.0155. The summed E-state index contributed by atoms with van der Waals surface area (Å²) in [4.78, 5) is 31.3. The molecule has 4 fully saturated rings. The molecule has 2 aromatic heterocycles. The van der Waals surface area contributed by atoms with E-state index in [0.717, 1.165) is 80.8 Å². The van der Waals surface area contributed by atoms with Crippen molar-refractivity contribution in [2.45, 2.75) is 19.8 Å². The average molecular weight is 538 g/mol. The van der Waals surface area contributed by atoms with E-state index in [0.29, 0.717) is 34.9 Å². The molecule has 0 aliphatic carbocycles. The fourth-order valence-corrected chi connectivity index (χ4v) is 7.47. The van der Waals surface area contributed by atoms with Gasteiger partial charge in [-0.25, -0.2) is 4.98 Å². The minimum absolute atomic E-state index is 0.0155. The maximum absolute atomic E-state index is 12.1. The predicted octanol–water partition coefficient (Wildman–Crippen LogP) is 2.81. The van der Waals surface area contributed by atoms with E-state index in [1.807, 2.05) is 17.2 Å². The van der Waals surface area contributed by atoms with Crippen molar-refractivity contribution in [2.75, 3.05) is 69.2 Å². The number of nitrogens with zero attached hydrogens (tertiary/aromatic N) is 8. The van der Waals surface area contributed by atoms with E-state index in [9.17, 15) is 10.1 Å². The number of rotatable bonds is 4. The molecular weight excluding hydrogens is 502 g/mol. The monoisotopic (exact) mass is 537 g/mol. The molecule has 2 unspecified atom stereocenters. The van der Waals surface area contributed by atoms with Gasteiger partial charge >= 0.3 is 0 Å². The third-order valence-corrected chi connectivity index (χ3v) is 9.62. The van der Waals surface area contributed by atoms with Crippen molar-refractivity contribution in [2.24, 2.45) is 17.3 Å².